The Kier molecular flexibility index (Phi) is 5.12. The number of amides is 1. The Balaban J connectivity index is 1.46. The van der Waals surface area contributed by atoms with E-state index in [2.05, 4.69) is 45.6 Å². The monoisotopic (exact) mass is 388 g/mol. The Morgan fingerprint density at radius 2 is 1.90 bits per heavy atom. The maximum absolute atomic E-state index is 12.7. The molecular formula is C22H24N6O. The molecule has 0 fully saturated rings. The first-order valence-electron chi connectivity index (χ1n) is 9.72. The minimum absolute atomic E-state index is 0.165. The second kappa shape index (κ2) is 7.87. The molecular weight excluding hydrogens is 364 g/mol. The van der Waals surface area contributed by atoms with Gasteiger partial charge in [-0.15, -0.1) is 0 Å². The highest BCUT2D eigenvalue weighted by Gasteiger charge is 2.16. The summed E-state index contributed by atoms with van der Waals surface area (Å²) in [7, 11) is 0. The van der Waals surface area contributed by atoms with Gasteiger partial charge in [0.15, 0.2) is 5.65 Å². The van der Waals surface area contributed by atoms with Crippen LogP contribution in [0.4, 0.5) is 0 Å². The lowest BCUT2D eigenvalue weighted by Gasteiger charge is -2.07. The van der Waals surface area contributed by atoms with E-state index in [4.69, 9.17) is 0 Å². The summed E-state index contributed by atoms with van der Waals surface area (Å²) in [5.74, 6) is -0.165. The highest BCUT2D eigenvalue weighted by atomic mass is 16.1. The van der Waals surface area contributed by atoms with E-state index in [1.54, 1.807) is 16.9 Å². The quantitative estimate of drug-likeness (QED) is 0.514. The van der Waals surface area contributed by atoms with Gasteiger partial charge in [-0.2, -0.15) is 10.2 Å². The van der Waals surface area contributed by atoms with Crippen molar-refractivity contribution in [2.24, 2.45) is 0 Å². The number of aryl methyl sites for hydroxylation is 4. The molecule has 4 rings (SSSR count). The van der Waals surface area contributed by atoms with Crippen molar-refractivity contribution < 1.29 is 4.79 Å². The molecule has 0 bridgehead atoms. The Labute approximate surface area is 169 Å². The molecule has 0 aliphatic heterocycles. The van der Waals surface area contributed by atoms with Crippen LogP contribution in [-0.4, -0.2) is 36.8 Å². The van der Waals surface area contributed by atoms with Gasteiger partial charge in [0.05, 0.1) is 17.6 Å². The van der Waals surface area contributed by atoms with E-state index in [1.165, 1.54) is 5.56 Å². The van der Waals surface area contributed by atoms with Crippen molar-refractivity contribution >= 4 is 11.6 Å². The predicted octanol–water partition coefficient (Wildman–Crippen LogP) is 3.34. The Morgan fingerprint density at radius 1 is 1.10 bits per heavy atom. The summed E-state index contributed by atoms with van der Waals surface area (Å²) in [6.07, 6.45) is 4.09. The number of nitrogens with one attached hydrogen (secondary N) is 1. The molecule has 29 heavy (non-hydrogen) atoms. The maximum Gasteiger partial charge on any atom is 0.256 e. The molecule has 0 saturated carbocycles. The summed E-state index contributed by atoms with van der Waals surface area (Å²) < 4.78 is 3.68. The van der Waals surface area contributed by atoms with Crippen LogP contribution >= 0.6 is 0 Å². The molecule has 148 valence electrons. The van der Waals surface area contributed by atoms with E-state index in [1.807, 2.05) is 36.7 Å². The molecule has 4 aromatic rings. The molecule has 3 heterocycles. The summed E-state index contributed by atoms with van der Waals surface area (Å²) in [5, 5.41) is 11.8. The van der Waals surface area contributed by atoms with Crippen molar-refractivity contribution in [3.63, 3.8) is 0 Å². The minimum atomic E-state index is -0.165. The average Bonchev–Trinajstić information content (AvgIpc) is 3.28. The topological polar surface area (TPSA) is 77.1 Å². The van der Waals surface area contributed by atoms with Gasteiger partial charge in [0.1, 0.15) is 5.56 Å². The van der Waals surface area contributed by atoms with Crippen molar-refractivity contribution in [3.8, 4) is 11.3 Å². The van der Waals surface area contributed by atoms with Gasteiger partial charge in [0, 0.05) is 30.5 Å². The van der Waals surface area contributed by atoms with Crippen LogP contribution in [-0.2, 0) is 6.54 Å². The normalized spacial score (nSPS) is 11.1. The summed E-state index contributed by atoms with van der Waals surface area (Å²) >= 11 is 0. The molecule has 3 aromatic heterocycles. The van der Waals surface area contributed by atoms with Gasteiger partial charge in [-0.1, -0.05) is 29.8 Å². The van der Waals surface area contributed by atoms with Gasteiger partial charge < -0.3 is 5.32 Å². The molecule has 0 saturated heterocycles. The van der Waals surface area contributed by atoms with Gasteiger partial charge in [-0.3, -0.25) is 9.48 Å². The second-order valence-electron chi connectivity index (χ2n) is 7.25. The molecule has 1 N–H and O–H groups in total. The highest BCUT2D eigenvalue weighted by molar-refractivity contribution is 5.99. The predicted molar refractivity (Wildman–Crippen MR) is 112 cm³/mol. The summed E-state index contributed by atoms with van der Waals surface area (Å²) in [6, 6.07) is 12.2. The smallest absolute Gasteiger partial charge is 0.256 e. The SMILES string of the molecule is Cc1ccc(-c2ccnc3c(C(=O)NCCCn4nc(C)cc4C)cnn23)cc1. The third kappa shape index (κ3) is 3.89. The van der Waals surface area contributed by atoms with Crippen LogP contribution in [0, 0.1) is 20.8 Å². The number of carbonyl (C=O) groups excluding carboxylic acids is 1. The van der Waals surface area contributed by atoms with Crippen LogP contribution in [0.1, 0.15) is 33.7 Å². The second-order valence-corrected chi connectivity index (χ2v) is 7.25. The molecule has 0 radical (unpaired) electrons. The van der Waals surface area contributed by atoms with E-state index in [9.17, 15) is 4.79 Å². The fourth-order valence-corrected chi connectivity index (χ4v) is 3.42. The van der Waals surface area contributed by atoms with Crippen LogP contribution in [0.2, 0.25) is 0 Å². The van der Waals surface area contributed by atoms with Crippen molar-refractivity contribution in [3.05, 3.63) is 71.3 Å². The fraction of sp³-hybridized carbons (Fsp3) is 0.273. The largest absolute Gasteiger partial charge is 0.352 e. The van der Waals surface area contributed by atoms with Gasteiger partial charge in [0.2, 0.25) is 0 Å². The Hall–Kier alpha value is -3.48. The third-order valence-electron chi connectivity index (χ3n) is 4.93. The minimum Gasteiger partial charge on any atom is -0.352 e. The van der Waals surface area contributed by atoms with Crippen LogP contribution in [0.5, 0.6) is 0 Å². The molecule has 7 heteroatoms. The molecule has 1 amide bonds. The first-order chi connectivity index (χ1) is 14.0. The van der Waals surface area contributed by atoms with E-state index < -0.39 is 0 Å². The molecule has 1 aromatic carbocycles. The van der Waals surface area contributed by atoms with Crippen LogP contribution < -0.4 is 5.32 Å². The number of rotatable bonds is 6. The third-order valence-corrected chi connectivity index (χ3v) is 4.93. The van der Waals surface area contributed by atoms with Crippen molar-refractivity contribution in [2.45, 2.75) is 33.7 Å². The molecule has 0 unspecified atom stereocenters. The standard InChI is InChI=1S/C22H24N6O/c1-15-5-7-18(8-6-15)20-9-11-23-21-19(14-25-28(20)21)22(29)24-10-4-12-27-17(3)13-16(2)26-27/h5-9,11,13-14H,4,10,12H2,1-3H3,(H,24,29). The van der Waals surface area contributed by atoms with E-state index in [0.29, 0.717) is 17.8 Å². The van der Waals surface area contributed by atoms with Crippen LogP contribution in [0.25, 0.3) is 16.9 Å². The Morgan fingerprint density at radius 3 is 2.62 bits per heavy atom. The van der Waals surface area contributed by atoms with Gasteiger partial charge in [-0.25, -0.2) is 9.50 Å². The number of carbonyl (C=O) groups is 1. The number of hydrogen-bond donors (Lipinski definition) is 1. The fourth-order valence-electron chi connectivity index (χ4n) is 3.42. The highest BCUT2D eigenvalue weighted by Crippen LogP contribution is 2.21. The van der Waals surface area contributed by atoms with Crippen molar-refractivity contribution in [2.75, 3.05) is 6.54 Å². The number of fused-ring (bicyclic) bond motifs is 1. The lowest BCUT2D eigenvalue weighted by Crippen LogP contribution is -2.25. The Bertz CT molecular complexity index is 1160. The molecule has 0 spiro atoms. The van der Waals surface area contributed by atoms with Crippen molar-refractivity contribution in [1.29, 1.82) is 0 Å². The van der Waals surface area contributed by atoms with Gasteiger partial charge >= 0.3 is 0 Å². The molecule has 0 aliphatic rings. The first kappa shape index (κ1) is 18.9. The zero-order chi connectivity index (χ0) is 20.4. The maximum atomic E-state index is 12.7. The number of nitrogens with zero attached hydrogens (tertiary/aromatic N) is 5. The lowest BCUT2D eigenvalue weighted by molar-refractivity contribution is 0.0954. The van der Waals surface area contributed by atoms with Crippen LogP contribution in [0.3, 0.4) is 0 Å². The number of benzene rings is 1. The zero-order valence-corrected chi connectivity index (χ0v) is 16.9. The molecule has 0 atom stereocenters. The molecule has 0 aliphatic carbocycles. The molecule has 7 nitrogen and oxygen atoms in total. The average molecular weight is 388 g/mol. The van der Waals surface area contributed by atoms with E-state index in [0.717, 1.165) is 35.6 Å². The van der Waals surface area contributed by atoms with E-state index >= 15 is 0 Å². The first-order valence-corrected chi connectivity index (χ1v) is 9.72. The van der Waals surface area contributed by atoms with Gasteiger partial charge in [-0.05, 0) is 39.3 Å². The lowest BCUT2D eigenvalue weighted by atomic mass is 10.1. The van der Waals surface area contributed by atoms with E-state index in [-0.39, 0.29) is 5.91 Å². The summed E-state index contributed by atoms with van der Waals surface area (Å²) in [6.45, 7) is 7.40. The summed E-state index contributed by atoms with van der Waals surface area (Å²) in [4.78, 5) is 17.0. The number of aromatic nitrogens is 5. The number of hydrogen-bond acceptors (Lipinski definition) is 4. The van der Waals surface area contributed by atoms with Crippen LogP contribution in [0.15, 0.2) is 48.8 Å². The summed E-state index contributed by atoms with van der Waals surface area (Å²) in [5.41, 5.74) is 6.29. The zero-order valence-electron chi connectivity index (χ0n) is 16.9. The van der Waals surface area contributed by atoms with Gasteiger partial charge in [0.25, 0.3) is 5.91 Å². The van der Waals surface area contributed by atoms with Crippen molar-refractivity contribution in [1.82, 2.24) is 29.7 Å².